The number of benzene rings is 1. The van der Waals surface area contributed by atoms with Gasteiger partial charge in [-0.15, -0.1) is 0 Å². The Kier molecular flexibility index (Phi) is 5.07. The SMILES string of the molecule is CC(C)N(CCC(=O)O)c1ccc(S(N)(=O)=O)cc1F. The lowest BCUT2D eigenvalue weighted by molar-refractivity contribution is -0.136. The van der Waals surface area contributed by atoms with E-state index in [1.807, 2.05) is 0 Å². The molecule has 0 spiro atoms. The number of aliphatic carboxylic acids is 1. The van der Waals surface area contributed by atoms with Crippen molar-refractivity contribution >= 4 is 21.7 Å². The summed E-state index contributed by atoms with van der Waals surface area (Å²) in [5.41, 5.74) is 0.147. The summed E-state index contributed by atoms with van der Waals surface area (Å²) in [6, 6.07) is 3.19. The van der Waals surface area contributed by atoms with Gasteiger partial charge in [0, 0.05) is 12.6 Å². The van der Waals surface area contributed by atoms with Gasteiger partial charge < -0.3 is 10.0 Å². The third-order valence-corrected chi connectivity index (χ3v) is 3.66. The van der Waals surface area contributed by atoms with E-state index in [0.29, 0.717) is 0 Å². The molecule has 6 nitrogen and oxygen atoms in total. The van der Waals surface area contributed by atoms with Crippen LogP contribution in [0.2, 0.25) is 0 Å². The molecule has 1 aromatic rings. The molecule has 0 bridgehead atoms. The van der Waals surface area contributed by atoms with Gasteiger partial charge in [0.1, 0.15) is 5.82 Å². The van der Waals surface area contributed by atoms with E-state index in [9.17, 15) is 17.6 Å². The van der Waals surface area contributed by atoms with Crippen molar-refractivity contribution in [2.45, 2.75) is 31.2 Å². The van der Waals surface area contributed by atoms with Crippen molar-refractivity contribution in [3.05, 3.63) is 24.0 Å². The molecule has 0 saturated carbocycles. The van der Waals surface area contributed by atoms with Gasteiger partial charge in [-0.2, -0.15) is 0 Å². The summed E-state index contributed by atoms with van der Waals surface area (Å²) in [7, 11) is -3.97. The van der Waals surface area contributed by atoms with Crippen molar-refractivity contribution < 1.29 is 22.7 Å². The molecule has 1 rings (SSSR count). The Morgan fingerprint density at radius 1 is 1.45 bits per heavy atom. The molecule has 0 radical (unpaired) electrons. The minimum Gasteiger partial charge on any atom is -0.481 e. The molecular weight excluding hydrogens is 287 g/mol. The zero-order chi connectivity index (χ0) is 15.5. The van der Waals surface area contributed by atoms with Gasteiger partial charge in [-0.3, -0.25) is 4.79 Å². The van der Waals surface area contributed by atoms with Crippen LogP contribution in [0.3, 0.4) is 0 Å². The number of carboxylic acid groups (broad SMARTS) is 1. The van der Waals surface area contributed by atoms with Crippen LogP contribution in [0, 0.1) is 5.82 Å². The van der Waals surface area contributed by atoms with E-state index in [4.69, 9.17) is 10.2 Å². The predicted octanol–water partition coefficient (Wildman–Crippen LogP) is 1.16. The largest absolute Gasteiger partial charge is 0.481 e. The number of nitrogens with zero attached hydrogens (tertiary/aromatic N) is 1. The summed E-state index contributed by atoms with van der Waals surface area (Å²) in [5.74, 6) is -1.74. The van der Waals surface area contributed by atoms with E-state index >= 15 is 0 Å². The Morgan fingerprint density at radius 2 is 2.05 bits per heavy atom. The highest BCUT2D eigenvalue weighted by Gasteiger charge is 2.18. The number of carbonyl (C=O) groups is 1. The van der Waals surface area contributed by atoms with E-state index in [1.54, 1.807) is 18.7 Å². The first kappa shape index (κ1) is 16.4. The lowest BCUT2D eigenvalue weighted by Crippen LogP contribution is -2.33. The van der Waals surface area contributed by atoms with Gasteiger partial charge in [-0.1, -0.05) is 0 Å². The predicted molar refractivity (Wildman–Crippen MR) is 72.5 cm³/mol. The van der Waals surface area contributed by atoms with Crippen LogP contribution in [0.25, 0.3) is 0 Å². The zero-order valence-electron chi connectivity index (χ0n) is 11.2. The molecule has 3 N–H and O–H groups in total. The van der Waals surface area contributed by atoms with E-state index in [2.05, 4.69) is 0 Å². The molecule has 0 atom stereocenters. The fourth-order valence-electron chi connectivity index (χ4n) is 1.77. The number of hydrogen-bond acceptors (Lipinski definition) is 4. The Bertz CT molecular complexity index is 601. The number of halogens is 1. The number of anilines is 1. The molecule has 0 unspecified atom stereocenters. The van der Waals surface area contributed by atoms with Gasteiger partial charge in [0.25, 0.3) is 0 Å². The Hall–Kier alpha value is -1.67. The molecule has 0 aliphatic rings. The van der Waals surface area contributed by atoms with Crippen molar-refractivity contribution in [1.29, 1.82) is 0 Å². The average Bonchev–Trinajstić information content (AvgIpc) is 2.28. The molecule has 0 heterocycles. The standard InChI is InChI=1S/C12H17FN2O4S/c1-8(2)15(6-5-12(16)17)11-4-3-9(7-10(11)13)20(14,18)19/h3-4,7-8H,5-6H2,1-2H3,(H,16,17)(H2,14,18,19). The summed E-state index contributed by atoms with van der Waals surface area (Å²) >= 11 is 0. The van der Waals surface area contributed by atoms with Crippen LogP contribution in [-0.2, 0) is 14.8 Å². The normalized spacial score (nSPS) is 11.7. The van der Waals surface area contributed by atoms with Crippen LogP contribution in [0.5, 0.6) is 0 Å². The first-order chi connectivity index (χ1) is 9.12. The van der Waals surface area contributed by atoms with Crippen molar-refractivity contribution in [1.82, 2.24) is 0 Å². The van der Waals surface area contributed by atoms with Gasteiger partial charge in [0.2, 0.25) is 10.0 Å². The van der Waals surface area contributed by atoms with Crippen molar-refractivity contribution in [2.24, 2.45) is 5.14 Å². The molecule has 0 saturated heterocycles. The lowest BCUT2D eigenvalue weighted by Gasteiger charge is -2.29. The zero-order valence-corrected chi connectivity index (χ0v) is 12.0. The highest BCUT2D eigenvalue weighted by Crippen LogP contribution is 2.24. The molecule has 0 aliphatic heterocycles. The Morgan fingerprint density at radius 3 is 2.45 bits per heavy atom. The van der Waals surface area contributed by atoms with E-state index in [-0.39, 0.29) is 29.6 Å². The lowest BCUT2D eigenvalue weighted by atomic mass is 10.2. The molecule has 0 aliphatic carbocycles. The average molecular weight is 304 g/mol. The van der Waals surface area contributed by atoms with E-state index in [1.165, 1.54) is 12.1 Å². The summed E-state index contributed by atoms with van der Waals surface area (Å²) in [4.78, 5) is 11.8. The number of primary sulfonamides is 1. The van der Waals surface area contributed by atoms with E-state index in [0.717, 1.165) is 6.07 Å². The topological polar surface area (TPSA) is 101 Å². The highest BCUT2D eigenvalue weighted by atomic mass is 32.2. The summed E-state index contributed by atoms with van der Waals surface area (Å²) < 4.78 is 36.3. The monoisotopic (exact) mass is 304 g/mol. The maximum Gasteiger partial charge on any atom is 0.305 e. The first-order valence-corrected chi connectivity index (χ1v) is 7.48. The third-order valence-electron chi connectivity index (χ3n) is 2.75. The van der Waals surface area contributed by atoms with Gasteiger partial charge in [0.15, 0.2) is 0 Å². The molecule has 0 amide bonds. The minimum absolute atomic E-state index is 0.124. The molecule has 20 heavy (non-hydrogen) atoms. The van der Waals surface area contributed by atoms with Gasteiger partial charge >= 0.3 is 5.97 Å². The van der Waals surface area contributed by atoms with Crippen LogP contribution in [-0.4, -0.2) is 32.1 Å². The van der Waals surface area contributed by atoms with Gasteiger partial charge in [0.05, 0.1) is 17.0 Å². The van der Waals surface area contributed by atoms with Crippen LogP contribution >= 0.6 is 0 Å². The number of sulfonamides is 1. The maximum atomic E-state index is 14.0. The second-order valence-corrected chi connectivity index (χ2v) is 6.15. The number of carboxylic acids is 1. The number of nitrogens with two attached hydrogens (primary N) is 1. The highest BCUT2D eigenvalue weighted by molar-refractivity contribution is 7.89. The summed E-state index contributed by atoms with van der Waals surface area (Å²) in [6.45, 7) is 3.70. The Balaban J connectivity index is 3.12. The summed E-state index contributed by atoms with van der Waals surface area (Å²) in [6.07, 6.45) is -0.144. The third kappa shape index (κ3) is 4.17. The Labute approximate surface area is 117 Å². The fraction of sp³-hybridized carbons (Fsp3) is 0.417. The fourth-order valence-corrected chi connectivity index (χ4v) is 2.30. The van der Waals surface area contributed by atoms with Crippen LogP contribution < -0.4 is 10.0 Å². The number of rotatable bonds is 6. The van der Waals surface area contributed by atoms with Crippen molar-refractivity contribution in [2.75, 3.05) is 11.4 Å². The summed E-state index contributed by atoms with van der Waals surface area (Å²) in [5, 5.41) is 13.6. The van der Waals surface area contributed by atoms with Crippen LogP contribution in [0.15, 0.2) is 23.1 Å². The second kappa shape index (κ2) is 6.19. The molecular formula is C12H17FN2O4S. The smallest absolute Gasteiger partial charge is 0.305 e. The molecule has 0 fully saturated rings. The minimum atomic E-state index is -3.97. The van der Waals surface area contributed by atoms with Gasteiger partial charge in [-0.25, -0.2) is 17.9 Å². The molecule has 1 aromatic carbocycles. The van der Waals surface area contributed by atoms with Crippen LogP contribution in [0.1, 0.15) is 20.3 Å². The second-order valence-electron chi connectivity index (χ2n) is 4.59. The number of hydrogen-bond donors (Lipinski definition) is 2. The van der Waals surface area contributed by atoms with E-state index < -0.39 is 21.8 Å². The van der Waals surface area contributed by atoms with Crippen LogP contribution in [0.4, 0.5) is 10.1 Å². The van der Waals surface area contributed by atoms with Crippen molar-refractivity contribution in [3.8, 4) is 0 Å². The van der Waals surface area contributed by atoms with Crippen molar-refractivity contribution in [3.63, 3.8) is 0 Å². The molecule has 112 valence electrons. The molecule has 8 heteroatoms. The maximum absolute atomic E-state index is 14.0. The quantitative estimate of drug-likeness (QED) is 0.821. The first-order valence-electron chi connectivity index (χ1n) is 5.93. The molecule has 0 aromatic heterocycles. The van der Waals surface area contributed by atoms with Gasteiger partial charge in [-0.05, 0) is 32.0 Å².